The quantitative estimate of drug-likeness (QED) is 0.469. The molecule has 0 radical (unpaired) electrons. The number of nitro benzene ring substituents is 1. The molecule has 0 saturated carbocycles. The minimum atomic E-state index is -0.426. The lowest BCUT2D eigenvalue weighted by molar-refractivity contribution is -0.384. The fourth-order valence-corrected chi connectivity index (χ4v) is 1.84. The normalized spacial score (nSPS) is 10.2. The summed E-state index contributed by atoms with van der Waals surface area (Å²) in [6.45, 7) is 6.03. The van der Waals surface area contributed by atoms with E-state index in [1.807, 2.05) is 0 Å². The molecule has 17 heavy (non-hydrogen) atoms. The summed E-state index contributed by atoms with van der Waals surface area (Å²) in [6.07, 6.45) is 2.05. The molecule has 0 saturated heterocycles. The molecule has 1 aromatic carbocycles. The average Bonchev–Trinajstić information content (AvgIpc) is 2.28. The molecule has 0 amide bonds. The Morgan fingerprint density at radius 3 is 2.29 bits per heavy atom. The lowest BCUT2D eigenvalue weighted by atomic mass is 10.2. The molecule has 0 aliphatic carbocycles. The third kappa shape index (κ3) is 3.34. The van der Waals surface area contributed by atoms with Crippen LogP contribution in [-0.2, 0) is 0 Å². The maximum absolute atomic E-state index is 10.6. The lowest BCUT2D eigenvalue weighted by Crippen LogP contribution is -2.25. The van der Waals surface area contributed by atoms with Gasteiger partial charge >= 0.3 is 0 Å². The summed E-state index contributed by atoms with van der Waals surface area (Å²) < 4.78 is 0. The predicted molar refractivity (Wildman–Crippen MR) is 70.3 cm³/mol. The molecule has 0 fully saturated rings. The Labute approximate surface area is 101 Å². The van der Waals surface area contributed by atoms with E-state index in [-0.39, 0.29) is 5.69 Å². The summed E-state index contributed by atoms with van der Waals surface area (Å²) in [5, 5.41) is 10.6. The molecule has 0 spiro atoms. The van der Waals surface area contributed by atoms with Gasteiger partial charge in [-0.15, -0.1) is 0 Å². The van der Waals surface area contributed by atoms with Gasteiger partial charge in [0.2, 0.25) is 0 Å². The second-order valence-electron chi connectivity index (χ2n) is 3.99. The van der Waals surface area contributed by atoms with Crippen LogP contribution >= 0.6 is 0 Å². The fraction of sp³-hybridized carbons (Fsp3) is 0.500. The largest absolute Gasteiger partial charge is 0.397 e. The second-order valence-corrected chi connectivity index (χ2v) is 3.99. The smallest absolute Gasteiger partial charge is 0.271 e. The van der Waals surface area contributed by atoms with E-state index in [9.17, 15) is 10.1 Å². The van der Waals surface area contributed by atoms with Crippen molar-refractivity contribution < 1.29 is 4.92 Å². The Balaban J connectivity index is 2.99. The molecule has 0 unspecified atom stereocenters. The van der Waals surface area contributed by atoms with E-state index in [0.29, 0.717) is 5.69 Å². The zero-order chi connectivity index (χ0) is 12.8. The van der Waals surface area contributed by atoms with Crippen LogP contribution in [-0.4, -0.2) is 18.0 Å². The molecular weight excluding hydrogens is 218 g/mol. The number of hydrogen-bond acceptors (Lipinski definition) is 4. The molecule has 0 heterocycles. The van der Waals surface area contributed by atoms with E-state index in [1.54, 1.807) is 6.07 Å². The SMILES string of the molecule is CCCN(CCC)c1ccc([N+](=O)[O-])cc1N. The number of nitro groups is 1. The molecule has 94 valence electrons. The van der Waals surface area contributed by atoms with Crippen LogP contribution in [0.15, 0.2) is 18.2 Å². The number of benzene rings is 1. The summed E-state index contributed by atoms with van der Waals surface area (Å²) in [6, 6.07) is 4.66. The van der Waals surface area contributed by atoms with Crippen molar-refractivity contribution in [2.24, 2.45) is 0 Å². The van der Waals surface area contributed by atoms with Gasteiger partial charge in [-0.05, 0) is 18.9 Å². The highest BCUT2D eigenvalue weighted by molar-refractivity contribution is 5.70. The van der Waals surface area contributed by atoms with Crippen molar-refractivity contribution in [2.45, 2.75) is 26.7 Å². The van der Waals surface area contributed by atoms with E-state index >= 15 is 0 Å². The van der Waals surface area contributed by atoms with Crippen molar-refractivity contribution in [2.75, 3.05) is 23.7 Å². The predicted octanol–water partition coefficient (Wildman–Crippen LogP) is 2.80. The Hall–Kier alpha value is -1.78. The van der Waals surface area contributed by atoms with Gasteiger partial charge in [-0.25, -0.2) is 0 Å². The second kappa shape index (κ2) is 6.08. The molecule has 1 rings (SSSR count). The first-order valence-electron chi connectivity index (χ1n) is 5.89. The number of anilines is 2. The Kier molecular flexibility index (Phi) is 4.75. The minimum absolute atomic E-state index is 0.0409. The van der Waals surface area contributed by atoms with Crippen LogP contribution in [0.5, 0.6) is 0 Å². The first kappa shape index (κ1) is 13.3. The van der Waals surface area contributed by atoms with E-state index in [1.165, 1.54) is 12.1 Å². The van der Waals surface area contributed by atoms with Crippen molar-refractivity contribution in [1.29, 1.82) is 0 Å². The molecule has 0 atom stereocenters. The Morgan fingerprint density at radius 2 is 1.88 bits per heavy atom. The van der Waals surface area contributed by atoms with Gasteiger partial charge in [0, 0.05) is 25.2 Å². The number of nitrogens with zero attached hydrogens (tertiary/aromatic N) is 2. The minimum Gasteiger partial charge on any atom is -0.397 e. The molecule has 5 nitrogen and oxygen atoms in total. The van der Waals surface area contributed by atoms with Gasteiger partial charge < -0.3 is 10.6 Å². The number of nitrogen functional groups attached to an aromatic ring is 1. The van der Waals surface area contributed by atoms with Crippen LogP contribution in [0.25, 0.3) is 0 Å². The molecule has 0 aliphatic heterocycles. The molecule has 5 heteroatoms. The van der Waals surface area contributed by atoms with E-state index in [2.05, 4.69) is 18.7 Å². The monoisotopic (exact) mass is 237 g/mol. The van der Waals surface area contributed by atoms with E-state index in [4.69, 9.17) is 5.73 Å². The fourth-order valence-electron chi connectivity index (χ4n) is 1.84. The number of nitrogens with two attached hydrogens (primary N) is 1. The highest BCUT2D eigenvalue weighted by atomic mass is 16.6. The molecule has 0 bridgehead atoms. The molecule has 0 aromatic heterocycles. The maximum atomic E-state index is 10.6. The molecule has 2 N–H and O–H groups in total. The average molecular weight is 237 g/mol. The maximum Gasteiger partial charge on any atom is 0.271 e. The van der Waals surface area contributed by atoms with Crippen LogP contribution in [0, 0.1) is 10.1 Å². The van der Waals surface area contributed by atoms with Crippen LogP contribution in [0.4, 0.5) is 17.1 Å². The summed E-state index contributed by atoms with van der Waals surface area (Å²) in [7, 11) is 0. The number of rotatable bonds is 6. The van der Waals surface area contributed by atoms with Crippen molar-refractivity contribution in [3.63, 3.8) is 0 Å². The zero-order valence-electron chi connectivity index (χ0n) is 10.3. The van der Waals surface area contributed by atoms with Gasteiger partial charge in [-0.2, -0.15) is 0 Å². The van der Waals surface area contributed by atoms with Crippen molar-refractivity contribution in [1.82, 2.24) is 0 Å². The van der Waals surface area contributed by atoms with Crippen LogP contribution in [0.1, 0.15) is 26.7 Å². The summed E-state index contributed by atoms with van der Waals surface area (Å²) in [4.78, 5) is 12.4. The summed E-state index contributed by atoms with van der Waals surface area (Å²) in [5.41, 5.74) is 7.28. The van der Waals surface area contributed by atoms with Gasteiger partial charge in [0.15, 0.2) is 0 Å². The van der Waals surface area contributed by atoms with E-state index < -0.39 is 4.92 Å². The lowest BCUT2D eigenvalue weighted by Gasteiger charge is -2.25. The Morgan fingerprint density at radius 1 is 1.29 bits per heavy atom. The van der Waals surface area contributed by atoms with Crippen molar-refractivity contribution in [3.8, 4) is 0 Å². The van der Waals surface area contributed by atoms with E-state index in [0.717, 1.165) is 31.6 Å². The van der Waals surface area contributed by atoms with Gasteiger partial charge in [0.1, 0.15) is 0 Å². The molecule has 1 aromatic rings. The number of hydrogen-bond donors (Lipinski definition) is 1. The zero-order valence-corrected chi connectivity index (χ0v) is 10.3. The topological polar surface area (TPSA) is 72.4 Å². The van der Waals surface area contributed by atoms with Crippen LogP contribution in [0.3, 0.4) is 0 Å². The molecule has 0 aliphatic rings. The standard InChI is InChI=1S/C12H19N3O2/c1-3-7-14(8-4-2)12-6-5-10(15(16)17)9-11(12)13/h5-6,9H,3-4,7-8,13H2,1-2H3. The third-order valence-corrected chi connectivity index (χ3v) is 2.55. The van der Waals surface area contributed by atoms with Crippen molar-refractivity contribution in [3.05, 3.63) is 28.3 Å². The third-order valence-electron chi connectivity index (χ3n) is 2.55. The van der Waals surface area contributed by atoms with Gasteiger partial charge in [0.25, 0.3) is 5.69 Å². The Bertz CT molecular complexity index is 387. The number of non-ortho nitro benzene ring substituents is 1. The highest BCUT2D eigenvalue weighted by Gasteiger charge is 2.12. The summed E-state index contributed by atoms with van der Waals surface area (Å²) in [5.74, 6) is 0. The van der Waals surface area contributed by atoms with Crippen LogP contribution in [0.2, 0.25) is 0 Å². The highest BCUT2D eigenvalue weighted by Crippen LogP contribution is 2.27. The van der Waals surface area contributed by atoms with Gasteiger partial charge in [0.05, 0.1) is 16.3 Å². The first-order valence-corrected chi connectivity index (χ1v) is 5.89. The van der Waals surface area contributed by atoms with Gasteiger partial charge in [-0.3, -0.25) is 10.1 Å². The first-order chi connectivity index (χ1) is 8.10. The molecular formula is C12H19N3O2. The van der Waals surface area contributed by atoms with Gasteiger partial charge in [-0.1, -0.05) is 13.8 Å². The summed E-state index contributed by atoms with van der Waals surface area (Å²) >= 11 is 0. The van der Waals surface area contributed by atoms with Crippen molar-refractivity contribution >= 4 is 17.1 Å². The van der Waals surface area contributed by atoms with Crippen LogP contribution < -0.4 is 10.6 Å².